The fourth-order valence-corrected chi connectivity index (χ4v) is 3.33. The molecule has 0 unspecified atom stereocenters. The highest BCUT2D eigenvalue weighted by Gasteiger charge is 2.10. The van der Waals surface area contributed by atoms with Gasteiger partial charge in [-0.1, -0.05) is 0 Å². The molecule has 0 aliphatic rings. The number of carbonyl (C=O) groups is 1. The maximum Gasteiger partial charge on any atom is 0.345 e. The lowest BCUT2D eigenvalue weighted by Crippen LogP contribution is -2.14. The minimum Gasteiger partial charge on any atom is -0.477 e. The Bertz CT molecular complexity index is 361. The van der Waals surface area contributed by atoms with Crippen LogP contribution in [0.2, 0.25) is 0 Å². The highest BCUT2D eigenvalue weighted by Crippen LogP contribution is 2.25. The molecule has 0 radical (unpaired) electrons. The zero-order chi connectivity index (χ0) is 12.1. The standard InChI is InChI=1S/C11H17NO2S2/c1-8-9(6-10(16-8)11(13)14)7-15-5-4-12(2)3/h6H,4-5,7H2,1-3H3,(H,13,14). The SMILES string of the molecule is Cc1sc(C(=O)O)cc1CSCCN(C)C. The van der Waals surface area contributed by atoms with Crippen molar-refractivity contribution in [1.82, 2.24) is 4.90 Å². The number of carboxylic acid groups (broad SMARTS) is 1. The van der Waals surface area contributed by atoms with E-state index in [1.807, 2.05) is 18.7 Å². The van der Waals surface area contributed by atoms with Crippen LogP contribution in [0.4, 0.5) is 0 Å². The second-order valence-corrected chi connectivity index (χ2v) is 6.21. The molecular weight excluding hydrogens is 242 g/mol. The van der Waals surface area contributed by atoms with E-state index in [0.717, 1.165) is 28.5 Å². The number of aromatic carboxylic acids is 1. The smallest absolute Gasteiger partial charge is 0.345 e. The van der Waals surface area contributed by atoms with Gasteiger partial charge in [-0.15, -0.1) is 11.3 Å². The first-order valence-corrected chi connectivity index (χ1v) is 7.03. The Hall–Kier alpha value is -0.520. The average molecular weight is 259 g/mol. The number of thioether (sulfide) groups is 1. The maximum absolute atomic E-state index is 10.8. The van der Waals surface area contributed by atoms with E-state index in [9.17, 15) is 4.79 Å². The molecule has 0 aliphatic heterocycles. The molecule has 0 saturated carbocycles. The number of hydrogen-bond acceptors (Lipinski definition) is 4. The van der Waals surface area contributed by atoms with Crippen molar-refractivity contribution in [1.29, 1.82) is 0 Å². The van der Waals surface area contributed by atoms with Gasteiger partial charge >= 0.3 is 5.97 Å². The van der Waals surface area contributed by atoms with Crippen molar-refractivity contribution in [3.05, 3.63) is 21.4 Å². The first kappa shape index (κ1) is 13.5. The van der Waals surface area contributed by atoms with Crippen LogP contribution in [0.15, 0.2) is 6.07 Å². The summed E-state index contributed by atoms with van der Waals surface area (Å²) in [4.78, 5) is 14.5. The number of aryl methyl sites for hydroxylation is 1. The summed E-state index contributed by atoms with van der Waals surface area (Å²) in [7, 11) is 4.11. The van der Waals surface area contributed by atoms with E-state index in [1.54, 1.807) is 6.07 Å². The second-order valence-electron chi connectivity index (χ2n) is 3.85. The van der Waals surface area contributed by atoms with E-state index in [0.29, 0.717) is 4.88 Å². The molecule has 0 fully saturated rings. The molecule has 0 aliphatic carbocycles. The van der Waals surface area contributed by atoms with Crippen LogP contribution in [-0.4, -0.2) is 42.4 Å². The lowest BCUT2D eigenvalue weighted by atomic mass is 10.3. The quantitative estimate of drug-likeness (QED) is 0.797. The third-order valence-electron chi connectivity index (χ3n) is 2.17. The van der Waals surface area contributed by atoms with Crippen molar-refractivity contribution < 1.29 is 9.90 Å². The molecule has 90 valence electrons. The number of thiophene rings is 1. The van der Waals surface area contributed by atoms with Crippen molar-refractivity contribution >= 4 is 29.1 Å². The van der Waals surface area contributed by atoms with E-state index < -0.39 is 5.97 Å². The highest BCUT2D eigenvalue weighted by atomic mass is 32.2. The van der Waals surface area contributed by atoms with Gasteiger partial charge in [-0.05, 0) is 32.6 Å². The summed E-state index contributed by atoms with van der Waals surface area (Å²) in [5.74, 6) is 1.16. The molecule has 0 atom stereocenters. The van der Waals surface area contributed by atoms with Crippen LogP contribution in [0.5, 0.6) is 0 Å². The summed E-state index contributed by atoms with van der Waals surface area (Å²) in [6.45, 7) is 3.04. The lowest BCUT2D eigenvalue weighted by molar-refractivity contribution is 0.0702. The van der Waals surface area contributed by atoms with E-state index in [1.165, 1.54) is 11.3 Å². The van der Waals surface area contributed by atoms with Crippen LogP contribution in [-0.2, 0) is 5.75 Å². The van der Waals surface area contributed by atoms with Gasteiger partial charge in [-0.2, -0.15) is 11.8 Å². The molecule has 0 amide bonds. The molecule has 1 aromatic heterocycles. The maximum atomic E-state index is 10.8. The normalized spacial score (nSPS) is 11.0. The van der Waals surface area contributed by atoms with Crippen LogP contribution in [0.3, 0.4) is 0 Å². The summed E-state index contributed by atoms with van der Waals surface area (Å²) < 4.78 is 0. The predicted octanol–water partition coefficient (Wildman–Crippen LogP) is 2.55. The Kier molecular flexibility index (Phi) is 5.31. The average Bonchev–Trinajstić information content (AvgIpc) is 2.55. The summed E-state index contributed by atoms with van der Waals surface area (Å²) in [5.41, 5.74) is 1.16. The lowest BCUT2D eigenvalue weighted by Gasteiger charge is -2.08. The topological polar surface area (TPSA) is 40.5 Å². The van der Waals surface area contributed by atoms with Crippen LogP contribution >= 0.6 is 23.1 Å². The van der Waals surface area contributed by atoms with E-state index >= 15 is 0 Å². The number of nitrogens with zero attached hydrogens (tertiary/aromatic N) is 1. The Balaban J connectivity index is 2.45. The van der Waals surface area contributed by atoms with Gasteiger partial charge in [0.05, 0.1) is 0 Å². The van der Waals surface area contributed by atoms with Crippen LogP contribution in [0.1, 0.15) is 20.1 Å². The van der Waals surface area contributed by atoms with Gasteiger partial charge in [-0.3, -0.25) is 0 Å². The molecule has 0 aromatic carbocycles. The van der Waals surface area contributed by atoms with Gasteiger partial charge in [0.25, 0.3) is 0 Å². The molecule has 3 nitrogen and oxygen atoms in total. The first-order chi connectivity index (χ1) is 7.50. The minimum absolute atomic E-state index is 0.445. The summed E-state index contributed by atoms with van der Waals surface area (Å²) in [6.07, 6.45) is 0. The minimum atomic E-state index is -0.822. The Morgan fingerprint density at radius 3 is 2.75 bits per heavy atom. The zero-order valence-corrected chi connectivity index (χ0v) is 11.5. The Morgan fingerprint density at radius 1 is 1.56 bits per heavy atom. The Labute approximate surface area is 104 Å². The van der Waals surface area contributed by atoms with E-state index in [-0.39, 0.29) is 0 Å². The van der Waals surface area contributed by atoms with Gasteiger partial charge in [0.2, 0.25) is 0 Å². The largest absolute Gasteiger partial charge is 0.477 e. The molecular formula is C11H17NO2S2. The second kappa shape index (κ2) is 6.27. The van der Waals surface area contributed by atoms with Crippen LogP contribution < -0.4 is 0 Å². The Morgan fingerprint density at radius 2 is 2.25 bits per heavy atom. The summed E-state index contributed by atoms with van der Waals surface area (Å²) >= 11 is 3.21. The zero-order valence-electron chi connectivity index (χ0n) is 9.82. The van der Waals surface area contributed by atoms with Crippen molar-refractivity contribution in [3.8, 4) is 0 Å². The van der Waals surface area contributed by atoms with Gasteiger partial charge in [0, 0.05) is 22.9 Å². The van der Waals surface area contributed by atoms with Crippen molar-refractivity contribution in [2.45, 2.75) is 12.7 Å². The van der Waals surface area contributed by atoms with Crippen LogP contribution in [0.25, 0.3) is 0 Å². The molecule has 16 heavy (non-hydrogen) atoms. The summed E-state index contributed by atoms with van der Waals surface area (Å²) in [6, 6.07) is 1.80. The molecule has 5 heteroatoms. The summed E-state index contributed by atoms with van der Waals surface area (Å²) in [5, 5.41) is 8.86. The number of carboxylic acids is 1. The van der Waals surface area contributed by atoms with Crippen LogP contribution in [0, 0.1) is 6.92 Å². The molecule has 1 N–H and O–H groups in total. The number of rotatable bonds is 6. The highest BCUT2D eigenvalue weighted by molar-refractivity contribution is 7.98. The third-order valence-corrected chi connectivity index (χ3v) is 4.24. The molecule has 1 heterocycles. The van der Waals surface area contributed by atoms with Gasteiger partial charge < -0.3 is 10.0 Å². The molecule has 1 aromatic rings. The molecule has 1 rings (SSSR count). The fourth-order valence-electron chi connectivity index (χ4n) is 1.20. The van der Waals surface area contributed by atoms with E-state index in [2.05, 4.69) is 19.0 Å². The molecule has 0 spiro atoms. The van der Waals surface area contributed by atoms with E-state index in [4.69, 9.17) is 5.11 Å². The fraction of sp³-hybridized carbons (Fsp3) is 0.545. The van der Waals surface area contributed by atoms with Gasteiger partial charge in [0.1, 0.15) is 4.88 Å². The predicted molar refractivity (Wildman–Crippen MR) is 70.7 cm³/mol. The monoisotopic (exact) mass is 259 g/mol. The van der Waals surface area contributed by atoms with Crippen molar-refractivity contribution in [2.75, 3.05) is 26.4 Å². The van der Waals surface area contributed by atoms with Gasteiger partial charge in [0.15, 0.2) is 0 Å². The van der Waals surface area contributed by atoms with Crippen molar-refractivity contribution in [3.63, 3.8) is 0 Å². The third kappa shape index (κ3) is 4.15. The van der Waals surface area contributed by atoms with Crippen molar-refractivity contribution in [2.24, 2.45) is 0 Å². The number of hydrogen-bond donors (Lipinski definition) is 1. The molecule has 0 saturated heterocycles. The van der Waals surface area contributed by atoms with Gasteiger partial charge in [-0.25, -0.2) is 4.79 Å². The molecule has 0 bridgehead atoms. The first-order valence-electron chi connectivity index (χ1n) is 5.05.